The van der Waals surface area contributed by atoms with Crippen molar-refractivity contribution in [1.29, 1.82) is 0 Å². The number of carboxylic acids is 1. The zero-order valence-electron chi connectivity index (χ0n) is 13.9. The van der Waals surface area contributed by atoms with Crippen molar-refractivity contribution in [3.8, 4) is 0 Å². The third-order valence-corrected chi connectivity index (χ3v) is 4.80. The van der Waals surface area contributed by atoms with Crippen LogP contribution in [0.15, 0.2) is 40.4 Å². The molecule has 0 radical (unpaired) electrons. The predicted octanol–water partition coefficient (Wildman–Crippen LogP) is 2.90. The molecule has 2 amide bonds. The van der Waals surface area contributed by atoms with E-state index in [0.29, 0.717) is 6.42 Å². The zero-order chi connectivity index (χ0) is 18.4. The number of carboxylic acid groups (broad SMARTS) is 1. The molecule has 7 heteroatoms. The highest BCUT2D eigenvalue weighted by molar-refractivity contribution is 9.10. The molecule has 0 aromatic heterocycles. The molecule has 25 heavy (non-hydrogen) atoms. The first-order chi connectivity index (χ1) is 11.9. The van der Waals surface area contributed by atoms with Crippen LogP contribution >= 0.6 is 15.9 Å². The van der Waals surface area contributed by atoms with Crippen LogP contribution in [-0.2, 0) is 14.4 Å². The van der Waals surface area contributed by atoms with Crippen molar-refractivity contribution in [3.05, 3.63) is 46.0 Å². The van der Waals surface area contributed by atoms with Crippen molar-refractivity contribution < 1.29 is 19.5 Å². The number of halogens is 1. The van der Waals surface area contributed by atoms with E-state index in [2.05, 4.69) is 26.8 Å². The fourth-order valence-corrected chi connectivity index (χ4v) is 3.19. The number of hydrogen-bond acceptors (Lipinski definition) is 3. The van der Waals surface area contributed by atoms with E-state index in [4.69, 9.17) is 5.11 Å². The van der Waals surface area contributed by atoms with Gasteiger partial charge in [-0.2, -0.15) is 0 Å². The van der Waals surface area contributed by atoms with Gasteiger partial charge in [-0.1, -0.05) is 39.7 Å². The molecule has 1 aliphatic rings. The van der Waals surface area contributed by atoms with Gasteiger partial charge in [-0.3, -0.25) is 25.2 Å². The molecule has 0 aliphatic heterocycles. The molecule has 0 heterocycles. The Morgan fingerprint density at radius 1 is 1.16 bits per heavy atom. The van der Waals surface area contributed by atoms with Crippen molar-refractivity contribution in [2.45, 2.75) is 38.5 Å². The summed E-state index contributed by atoms with van der Waals surface area (Å²) in [7, 11) is 0. The van der Waals surface area contributed by atoms with E-state index in [1.54, 1.807) is 0 Å². The van der Waals surface area contributed by atoms with Crippen LogP contribution in [0.5, 0.6) is 0 Å². The van der Waals surface area contributed by atoms with Gasteiger partial charge < -0.3 is 5.11 Å². The lowest BCUT2D eigenvalue weighted by Crippen LogP contribution is -2.46. The van der Waals surface area contributed by atoms with Gasteiger partial charge >= 0.3 is 5.97 Å². The van der Waals surface area contributed by atoms with Crippen molar-refractivity contribution in [1.82, 2.24) is 10.9 Å². The lowest BCUT2D eigenvalue weighted by Gasteiger charge is -2.30. The van der Waals surface area contributed by atoms with Gasteiger partial charge in [0.2, 0.25) is 11.8 Å². The molecular weight excluding hydrogens is 388 g/mol. The average Bonchev–Trinajstić information content (AvgIpc) is 2.58. The minimum atomic E-state index is -1.05. The number of nitrogens with one attached hydrogen (secondary N) is 2. The van der Waals surface area contributed by atoms with Crippen LogP contribution in [0, 0.1) is 5.92 Å². The summed E-state index contributed by atoms with van der Waals surface area (Å²) < 4.78 is 0.978. The normalized spacial score (nSPS) is 19.7. The minimum Gasteiger partial charge on any atom is -0.481 e. The standard InChI is InChI=1S/C18H21BrN2O4/c1-11-2-7-14(15(10-11)12-3-5-13(19)6-4-12)18(25)21-20-16(22)8-9-17(23)24/h2-6,14-15H,7-10H2,1H3,(H,20,22)(H,21,25)(H,23,24). The minimum absolute atomic E-state index is 0.0361. The fraction of sp³-hybridized carbons (Fsp3) is 0.389. The van der Waals surface area contributed by atoms with Gasteiger partial charge in [-0.25, -0.2) is 0 Å². The van der Waals surface area contributed by atoms with Gasteiger partial charge in [0.15, 0.2) is 0 Å². The Balaban J connectivity index is 2.01. The molecule has 1 aliphatic carbocycles. The number of allylic oxidation sites excluding steroid dienone is 2. The summed E-state index contributed by atoms with van der Waals surface area (Å²) in [5, 5.41) is 8.57. The Bertz CT molecular complexity index is 685. The number of aliphatic carboxylic acids is 1. The molecule has 0 saturated carbocycles. The molecule has 1 aromatic rings. The van der Waals surface area contributed by atoms with Gasteiger partial charge in [0.05, 0.1) is 12.3 Å². The van der Waals surface area contributed by atoms with Gasteiger partial charge in [0.25, 0.3) is 0 Å². The van der Waals surface area contributed by atoms with Crippen LogP contribution in [0.3, 0.4) is 0 Å². The van der Waals surface area contributed by atoms with Crippen molar-refractivity contribution in [2.75, 3.05) is 0 Å². The molecular formula is C18H21BrN2O4. The molecule has 0 spiro atoms. The Hall–Kier alpha value is -2.15. The maximum absolute atomic E-state index is 12.5. The van der Waals surface area contributed by atoms with Gasteiger partial charge in [0, 0.05) is 10.9 Å². The lowest BCUT2D eigenvalue weighted by atomic mass is 9.75. The van der Waals surface area contributed by atoms with Crippen LogP contribution in [0.2, 0.25) is 0 Å². The van der Waals surface area contributed by atoms with Gasteiger partial charge in [0.1, 0.15) is 0 Å². The van der Waals surface area contributed by atoms with E-state index in [9.17, 15) is 14.4 Å². The predicted molar refractivity (Wildman–Crippen MR) is 96.5 cm³/mol. The van der Waals surface area contributed by atoms with Crippen molar-refractivity contribution >= 4 is 33.7 Å². The average molecular weight is 409 g/mol. The van der Waals surface area contributed by atoms with Gasteiger partial charge in [-0.15, -0.1) is 0 Å². The second-order valence-electron chi connectivity index (χ2n) is 6.19. The van der Waals surface area contributed by atoms with Crippen LogP contribution < -0.4 is 10.9 Å². The van der Waals surface area contributed by atoms with Crippen LogP contribution in [0.4, 0.5) is 0 Å². The summed E-state index contributed by atoms with van der Waals surface area (Å²) in [6.45, 7) is 2.05. The van der Waals surface area contributed by atoms with E-state index in [-0.39, 0.29) is 30.6 Å². The summed E-state index contributed by atoms with van der Waals surface area (Å²) in [5.74, 6) is -2.08. The van der Waals surface area contributed by atoms with E-state index < -0.39 is 11.9 Å². The molecule has 2 rings (SSSR count). The first-order valence-electron chi connectivity index (χ1n) is 8.08. The molecule has 0 fully saturated rings. The second-order valence-corrected chi connectivity index (χ2v) is 7.10. The number of amides is 2. The topological polar surface area (TPSA) is 95.5 Å². The first-order valence-corrected chi connectivity index (χ1v) is 8.87. The van der Waals surface area contributed by atoms with E-state index in [1.165, 1.54) is 5.57 Å². The van der Waals surface area contributed by atoms with E-state index >= 15 is 0 Å². The molecule has 134 valence electrons. The number of hydrazine groups is 1. The van der Waals surface area contributed by atoms with E-state index in [1.807, 2.05) is 37.3 Å². The molecule has 0 saturated heterocycles. The third kappa shape index (κ3) is 5.70. The summed E-state index contributed by atoms with van der Waals surface area (Å²) in [4.78, 5) is 34.6. The SMILES string of the molecule is CC1=CCC(C(=O)NNC(=O)CCC(=O)O)C(c2ccc(Br)cc2)C1. The van der Waals surface area contributed by atoms with E-state index in [0.717, 1.165) is 16.5 Å². The molecule has 2 atom stereocenters. The maximum Gasteiger partial charge on any atom is 0.303 e. The maximum atomic E-state index is 12.5. The monoisotopic (exact) mass is 408 g/mol. The molecule has 2 unspecified atom stereocenters. The second kappa shape index (κ2) is 8.80. The summed E-state index contributed by atoms with van der Waals surface area (Å²) in [5.41, 5.74) is 7.04. The molecule has 6 nitrogen and oxygen atoms in total. The summed E-state index contributed by atoms with van der Waals surface area (Å²) in [6, 6.07) is 7.90. The van der Waals surface area contributed by atoms with Crippen molar-refractivity contribution in [3.63, 3.8) is 0 Å². The number of carbonyl (C=O) groups is 3. The van der Waals surface area contributed by atoms with Crippen LogP contribution in [-0.4, -0.2) is 22.9 Å². The van der Waals surface area contributed by atoms with Crippen molar-refractivity contribution in [2.24, 2.45) is 5.92 Å². The largest absolute Gasteiger partial charge is 0.481 e. The third-order valence-electron chi connectivity index (χ3n) is 4.27. The Kier molecular flexibility index (Phi) is 6.75. The Morgan fingerprint density at radius 2 is 1.84 bits per heavy atom. The quantitative estimate of drug-likeness (QED) is 0.515. The number of benzene rings is 1. The number of hydrogen-bond donors (Lipinski definition) is 3. The van der Waals surface area contributed by atoms with Gasteiger partial charge in [-0.05, 0) is 43.4 Å². The highest BCUT2D eigenvalue weighted by atomic mass is 79.9. The Labute approximate surface area is 154 Å². The molecule has 0 bridgehead atoms. The zero-order valence-corrected chi connectivity index (χ0v) is 15.5. The number of carbonyl (C=O) groups excluding carboxylic acids is 2. The van der Waals surface area contributed by atoms with Crippen LogP contribution in [0.1, 0.15) is 44.1 Å². The fourth-order valence-electron chi connectivity index (χ4n) is 2.92. The summed E-state index contributed by atoms with van der Waals surface area (Å²) >= 11 is 3.41. The number of rotatable bonds is 5. The lowest BCUT2D eigenvalue weighted by molar-refractivity contribution is -0.139. The molecule has 1 aromatic carbocycles. The van der Waals surface area contributed by atoms with Crippen LogP contribution in [0.25, 0.3) is 0 Å². The first kappa shape index (κ1) is 19.2. The summed E-state index contributed by atoms with van der Waals surface area (Å²) in [6.07, 6.45) is 2.99. The molecule has 3 N–H and O–H groups in total. The highest BCUT2D eigenvalue weighted by Gasteiger charge is 2.31. The highest BCUT2D eigenvalue weighted by Crippen LogP contribution is 2.37. The smallest absolute Gasteiger partial charge is 0.303 e. The Morgan fingerprint density at radius 3 is 2.48 bits per heavy atom.